The van der Waals surface area contributed by atoms with Gasteiger partial charge in [-0.1, -0.05) is 117 Å². The first-order valence-electron chi connectivity index (χ1n) is 11.0. The molecule has 0 saturated carbocycles. The summed E-state index contributed by atoms with van der Waals surface area (Å²) >= 11 is 0. The van der Waals surface area contributed by atoms with Gasteiger partial charge < -0.3 is 0 Å². The van der Waals surface area contributed by atoms with Crippen molar-refractivity contribution in [3.05, 3.63) is 0 Å². The normalized spacial score (nSPS) is 12.0. The summed E-state index contributed by atoms with van der Waals surface area (Å²) in [6, 6.07) is 0. The Balaban J connectivity index is 3.69. The van der Waals surface area contributed by atoms with Crippen LogP contribution < -0.4 is 0 Å². The molecule has 0 N–H and O–H groups in total. The van der Waals surface area contributed by atoms with Gasteiger partial charge in [-0.3, -0.25) is 0 Å². The number of hydrogen-bond acceptors (Lipinski definition) is 0. The number of unbranched alkanes of at least 4 members (excludes halogenated alkanes) is 12. The van der Waals surface area contributed by atoms with Crippen molar-refractivity contribution < 1.29 is 0 Å². The van der Waals surface area contributed by atoms with Crippen molar-refractivity contribution in [2.24, 2.45) is 0 Å². The highest BCUT2D eigenvalue weighted by Gasteiger charge is 2.22. The maximum absolute atomic E-state index is 3.27. The fourth-order valence-corrected chi connectivity index (χ4v) is 4.44. The summed E-state index contributed by atoms with van der Waals surface area (Å²) in [4.78, 5) is 0. The molecule has 0 aromatic carbocycles. The number of hydrogen-bond donors (Lipinski definition) is 0. The smallest absolute Gasteiger partial charge is 0.0150 e. The highest BCUT2D eigenvalue weighted by Crippen LogP contribution is 2.36. The van der Waals surface area contributed by atoms with Crippen LogP contribution in [0.4, 0.5) is 0 Å². The Morgan fingerprint density at radius 3 is 1.13 bits per heavy atom. The van der Waals surface area contributed by atoms with Gasteiger partial charge >= 0.3 is 0 Å². The van der Waals surface area contributed by atoms with E-state index in [1.807, 2.05) is 0 Å². The number of rotatable bonds is 18. The van der Waals surface area contributed by atoms with Crippen molar-refractivity contribution in [1.82, 2.24) is 0 Å². The predicted molar refractivity (Wildman–Crippen MR) is 113 cm³/mol. The molecule has 0 aliphatic carbocycles. The quantitative estimate of drug-likeness (QED) is 0.173. The van der Waals surface area contributed by atoms with E-state index in [0.717, 1.165) is 0 Å². The zero-order chi connectivity index (χ0) is 17.2. The second-order valence-electron chi connectivity index (χ2n) is 7.86. The average molecular weight is 343 g/mol. The van der Waals surface area contributed by atoms with Gasteiger partial charge in [0.2, 0.25) is 0 Å². The molecular weight excluding hydrogens is 295 g/mol. The van der Waals surface area contributed by atoms with Gasteiger partial charge in [0.25, 0.3) is 0 Å². The third-order valence-electron chi connectivity index (χ3n) is 5.30. The zero-order valence-electron chi connectivity index (χ0n) is 16.8. The van der Waals surface area contributed by atoms with Crippen molar-refractivity contribution in [3.63, 3.8) is 0 Å². The second-order valence-corrected chi connectivity index (χ2v) is 9.08. The maximum Gasteiger partial charge on any atom is -0.0150 e. The Kier molecular flexibility index (Phi) is 17.6. The van der Waals surface area contributed by atoms with Crippen LogP contribution in [0, 0.1) is 0 Å². The van der Waals surface area contributed by atoms with Crippen LogP contribution in [-0.4, -0.2) is 5.16 Å². The molecule has 0 heterocycles. The fraction of sp³-hybridized carbons (Fsp3) is 1.00. The van der Waals surface area contributed by atoms with E-state index in [1.165, 1.54) is 116 Å². The molecule has 0 aromatic rings. The van der Waals surface area contributed by atoms with Crippen LogP contribution >= 0.6 is 9.24 Å². The van der Waals surface area contributed by atoms with Crippen molar-refractivity contribution in [2.45, 2.75) is 142 Å². The molecule has 0 spiro atoms. The summed E-state index contributed by atoms with van der Waals surface area (Å²) in [5.41, 5.74) is 0. The zero-order valence-corrected chi connectivity index (χ0v) is 18.0. The molecule has 0 aromatic heterocycles. The van der Waals surface area contributed by atoms with Gasteiger partial charge in [0, 0.05) is 0 Å². The topological polar surface area (TPSA) is 0 Å². The summed E-state index contributed by atoms with van der Waals surface area (Å²) in [7, 11) is 3.27. The molecule has 0 bridgehead atoms. The Morgan fingerprint density at radius 1 is 0.435 bits per heavy atom. The molecule has 140 valence electrons. The lowest BCUT2D eigenvalue weighted by Gasteiger charge is -2.29. The Hall–Kier alpha value is 0.430. The molecule has 0 nitrogen and oxygen atoms in total. The Labute approximate surface area is 151 Å². The first-order chi connectivity index (χ1) is 11.2. The predicted octanol–water partition coefficient (Wildman–Crippen LogP) is 8.68. The van der Waals surface area contributed by atoms with Crippen molar-refractivity contribution in [3.8, 4) is 0 Å². The van der Waals surface area contributed by atoms with Crippen LogP contribution in [0.25, 0.3) is 0 Å². The van der Waals surface area contributed by atoms with Crippen LogP contribution in [0.2, 0.25) is 0 Å². The summed E-state index contributed by atoms with van der Waals surface area (Å²) in [5, 5.41) is 0.557. The molecule has 0 aliphatic rings. The van der Waals surface area contributed by atoms with E-state index in [2.05, 4.69) is 30.0 Å². The van der Waals surface area contributed by atoms with E-state index in [1.54, 1.807) is 0 Å². The SMILES string of the molecule is CCCCCCCCCC(P)(CCC)CCCCCCCCC. The van der Waals surface area contributed by atoms with Crippen LogP contribution in [0.5, 0.6) is 0 Å². The molecule has 0 amide bonds. The van der Waals surface area contributed by atoms with Crippen LogP contribution in [0.1, 0.15) is 136 Å². The monoisotopic (exact) mass is 342 g/mol. The molecule has 0 fully saturated rings. The maximum atomic E-state index is 3.27. The Morgan fingerprint density at radius 2 is 0.783 bits per heavy atom. The first-order valence-corrected chi connectivity index (χ1v) is 11.5. The third kappa shape index (κ3) is 15.7. The molecule has 1 unspecified atom stereocenters. The molecule has 1 atom stereocenters. The van der Waals surface area contributed by atoms with Gasteiger partial charge in [-0.05, 0) is 24.4 Å². The first kappa shape index (κ1) is 23.4. The summed E-state index contributed by atoms with van der Waals surface area (Å²) in [6.45, 7) is 6.96. The summed E-state index contributed by atoms with van der Waals surface area (Å²) in [6.07, 6.45) is 25.8. The van der Waals surface area contributed by atoms with Crippen LogP contribution in [-0.2, 0) is 0 Å². The molecule has 0 radical (unpaired) electrons. The average Bonchev–Trinajstić information content (AvgIpc) is 2.53. The van der Waals surface area contributed by atoms with Gasteiger partial charge in [0.05, 0.1) is 0 Å². The van der Waals surface area contributed by atoms with E-state index in [4.69, 9.17) is 0 Å². The minimum absolute atomic E-state index is 0.557. The lowest BCUT2D eigenvalue weighted by Crippen LogP contribution is -2.20. The molecule has 23 heavy (non-hydrogen) atoms. The largest absolute Gasteiger partial charge is 0.131 e. The third-order valence-corrected chi connectivity index (χ3v) is 6.17. The van der Waals surface area contributed by atoms with Gasteiger partial charge in [-0.2, -0.15) is 0 Å². The minimum Gasteiger partial charge on any atom is -0.131 e. The molecule has 1 heteroatoms. The molecule has 0 rings (SSSR count). The Bertz CT molecular complexity index is 206. The molecular formula is C22H47P. The van der Waals surface area contributed by atoms with Gasteiger partial charge in [-0.25, -0.2) is 0 Å². The van der Waals surface area contributed by atoms with E-state index >= 15 is 0 Å². The highest BCUT2D eigenvalue weighted by molar-refractivity contribution is 7.19. The van der Waals surface area contributed by atoms with Gasteiger partial charge in [0.15, 0.2) is 0 Å². The lowest BCUT2D eigenvalue weighted by atomic mass is 9.89. The highest BCUT2D eigenvalue weighted by atomic mass is 31.0. The van der Waals surface area contributed by atoms with E-state index in [-0.39, 0.29) is 0 Å². The summed E-state index contributed by atoms with van der Waals surface area (Å²) in [5.74, 6) is 0. The fourth-order valence-electron chi connectivity index (χ4n) is 3.74. The van der Waals surface area contributed by atoms with Crippen molar-refractivity contribution >= 4 is 9.24 Å². The van der Waals surface area contributed by atoms with Gasteiger partial charge in [0.1, 0.15) is 0 Å². The van der Waals surface area contributed by atoms with E-state index < -0.39 is 0 Å². The molecule has 0 aliphatic heterocycles. The van der Waals surface area contributed by atoms with Crippen molar-refractivity contribution in [1.29, 1.82) is 0 Å². The van der Waals surface area contributed by atoms with E-state index in [0.29, 0.717) is 5.16 Å². The van der Waals surface area contributed by atoms with Gasteiger partial charge in [-0.15, -0.1) is 9.24 Å². The standard InChI is InChI=1S/C22H47P/c1-4-7-9-11-13-15-17-20-22(23,19-6-3)21-18-16-14-12-10-8-5-2/h4-21,23H2,1-3H3. The minimum atomic E-state index is 0.557. The van der Waals surface area contributed by atoms with Crippen LogP contribution in [0.15, 0.2) is 0 Å². The van der Waals surface area contributed by atoms with Crippen molar-refractivity contribution in [2.75, 3.05) is 0 Å². The lowest BCUT2D eigenvalue weighted by molar-refractivity contribution is 0.415. The summed E-state index contributed by atoms with van der Waals surface area (Å²) < 4.78 is 0. The second kappa shape index (κ2) is 17.3. The molecule has 0 saturated heterocycles. The van der Waals surface area contributed by atoms with Crippen LogP contribution in [0.3, 0.4) is 0 Å². The van der Waals surface area contributed by atoms with E-state index in [9.17, 15) is 0 Å².